The molecule has 1 aliphatic heterocycles. The largest absolute Gasteiger partial charge is 0.473 e. The fraction of sp³-hybridized carbons (Fsp3) is 0.364. The summed E-state index contributed by atoms with van der Waals surface area (Å²) in [6, 6.07) is 12.3. The van der Waals surface area contributed by atoms with Gasteiger partial charge in [-0.1, -0.05) is 24.3 Å². The molecule has 6 heteroatoms. The van der Waals surface area contributed by atoms with E-state index in [0.29, 0.717) is 23.0 Å². The summed E-state index contributed by atoms with van der Waals surface area (Å²) in [6.45, 7) is 12.0. The number of hydrogen-bond acceptors (Lipinski definition) is 5. The molecule has 2 heterocycles. The maximum atomic E-state index is 14.0. The summed E-state index contributed by atoms with van der Waals surface area (Å²) in [4.78, 5) is 9.26. The number of halogens is 1. The molecule has 1 aromatic carbocycles. The lowest BCUT2D eigenvalue weighted by Gasteiger charge is -2.40. The Morgan fingerprint density at radius 3 is 2.86 bits per heavy atom. The number of pyridine rings is 1. The molecule has 0 amide bonds. The third kappa shape index (κ3) is 4.87. The van der Waals surface area contributed by atoms with E-state index in [1.54, 1.807) is 18.2 Å². The fourth-order valence-electron chi connectivity index (χ4n) is 3.33. The normalized spacial score (nSPS) is 17.2. The molecule has 1 saturated heterocycles. The Labute approximate surface area is 165 Å². The average Bonchev–Trinajstić information content (AvgIpc) is 2.68. The summed E-state index contributed by atoms with van der Waals surface area (Å²) in [5, 5.41) is 8.82. The van der Waals surface area contributed by atoms with Crippen LogP contribution in [0.25, 0.3) is 0 Å². The SMILES string of the molecule is C=C(C)CN1CCN(c2cccc(OCc3ccc(C#N)cc3F)n2)CC1C. The van der Waals surface area contributed by atoms with Crippen LogP contribution >= 0.6 is 0 Å². The first-order valence-electron chi connectivity index (χ1n) is 9.38. The predicted molar refractivity (Wildman–Crippen MR) is 108 cm³/mol. The number of anilines is 1. The van der Waals surface area contributed by atoms with Crippen LogP contribution in [0.1, 0.15) is 25.0 Å². The monoisotopic (exact) mass is 380 g/mol. The Morgan fingerprint density at radius 1 is 1.36 bits per heavy atom. The Kier molecular flexibility index (Phi) is 6.27. The Balaban J connectivity index is 1.63. The highest BCUT2D eigenvalue weighted by atomic mass is 19.1. The molecule has 146 valence electrons. The minimum Gasteiger partial charge on any atom is -0.473 e. The lowest BCUT2D eigenvalue weighted by atomic mass is 10.1. The van der Waals surface area contributed by atoms with Crippen molar-refractivity contribution in [3.05, 3.63) is 65.5 Å². The summed E-state index contributed by atoms with van der Waals surface area (Å²) in [5.41, 5.74) is 1.86. The summed E-state index contributed by atoms with van der Waals surface area (Å²) in [5.74, 6) is 0.871. The van der Waals surface area contributed by atoms with Crippen LogP contribution in [0.3, 0.4) is 0 Å². The minimum absolute atomic E-state index is 0.0663. The van der Waals surface area contributed by atoms with E-state index < -0.39 is 5.82 Å². The number of piperazine rings is 1. The van der Waals surface area contributed by atoms with Gasteiger partial charge in [-0.25, -0.2) is 4.39 Å². The van der Waals surface area contributed by atoms with Crippen LogP contribution in [-0.4, -0.2) is 42.1 Å². The third-order valence-electron chi connectivity index (χ3n) is 4.83. The zero-order chi connectivity index (χ0) is 20.1. The molecule has 1 unspecified atom stereocenters. The molecule has 1 aromatic heterocycles. The van der Waals surface area contributed by atoms with Gasteiger partial charge in [0.15, 0.2) is 0 Å². The maximum absolute atomic E-state index is 14.0. The number of hydrogen-bond donors (Lipinski definition) is 0. The Hall–Kier alpha value is -2.91. The number of nitrogens with zero attached hydrogens (tertiary/aromatic N) is 4. The smallest absolute Gasteiger partial charge is 0.215 e. The molecule has 0 bridgehead atoms. The van der Waals surface area contributed by atoms with Crippen molar-refractivity contribution in [2.45, 2.75) is 26.5 Å². The van der Waals surface area contributed by atoms with E-state index in [2.05, 4.69) is 35.2 Å². The average molecular weight is 380 g/mol. The van der Waals surface area contributed by atoms with E-state index in [0.717, 1.165) is 32.0 Å². The number of nitriles is 1. The fourth-order valence-corrected chi connectivity index (χ4v) is 3.33. The molecule has 0 N–H and O–H groups in total. The molecule has 2 aromatic rings. The van der Waals surface area contributed by atoms with E-state index in [1.807, 2.05) is 18.2 Å². The van der Waals surface area contributed by atoms with Gasteiger partial charge in [-0.2, -0.15) is 10.2 Å². The van der Waals surface area contributed by atoms with Gasteiger partial charge in [-0.3, -0.25) is 4.90 Å². The first kappa shape index (κ1) is 19.8. The highest BCUT2D eigenvalue weighted by molar-refractivity contribution is 5.41. The molecular weight excluding hydrogens is 355 g/mol. The van der Waals surface area contributed by atoms with E-state index in [4.69, 9.17) is 10.00 Å². The number of rotatable bonds is 6. The second-order valence-corrected chi connectivity index (χ2v) is 7.26. The van der Waals surface area contributed by atoms with Crippen molar-refractivity contribution in [1.82, 2.24) is 9.88 Å². The lowest BCUT2D eigenvalue weighted by Crippen LogP contribution is -2.52. The van der Waals surface area contributed by atoms with Crippen molar-refractivity contribution in [2.24, 2.45) is 0 Å². The molecule has 0 radical (unpaired) electrons. The van der Waals surface area contributed by atoms with Crippen molar-refractivity contribution < 1.29 is 9.13 Å². The summed E-state index contributed by atoms with van der Waals surface area (Å²) in [6.07, 6.45) is 0. The van der Waals surface area contributed by atoms with E-state index in [-0.39, 0.29) is 6.61 Å². The molecular formula is C22H25FN4O. The zero-order valence-electron chi connectivity index (χ0n) is 16.4. The Morgan fingerprint density at radius 2 is 2.18 bits per heavy atom. The minimum atomic E-state index is -0.447. The van der Waals surface area contributed by atoms with Crippen LogP contribution in [0.4, 0.5) is 10.2 Å². The van der Waals surface area contributed by atoms with Gasteiger partial charge in [-0.15, -0.1) is 0 Å². The summed E-state index contributed by atoms with van der Waals surface area (Å²) < 4.78 is 19.7. The maximum Gasteiger partial charge on any atom is 0.215 e. The van der Waals surface area contributed by atoms with Crippen LogP contribution in [0.2, 0.25) is 0 Å². The van der Waals surface area contributed by atoms with Gasteiger partial charge in [-0.05, 0) is 32.0 Å². The van der Waals surface area contributed by atoms with Crippen molar-refractivity contribution in [3.8, 4) is 11.9 Å². The molecule has 3 rings (SSSR count). The highest BCUT2D eigenvalue weighted by Gasteiger charge is 2.24. The second kappa shape index (κ2) is 8.85. The van der Waals surface area contributed by atoms with Crippen LogP contribution in [0.5, 0.6) is 5.88 Å². The standard InChI is InChI=1S/C22H25FN4O/c1-16(2)13-26-9-10-27(14-17(26)3)21-5-4-6-22(25-21)28-15-19-8-7-18(12-24)11-20(19)23/h4-8,11,17H,1,9-10,13-15H2,2-3H3. The lowest BCUT2D eigenvalue weighted by molar-refractivity contribution is 0.205. The van der Waals surface area contributed by atoms with Gasteiger partial charge in [0.2, 0.25) is 5.88 Å². The molecule has 28 heavy (non-hydrogen) atoms. The highest BCUT2D eigenvalue weighted by Crippen LogP contribution is 2.21. The predicted octanol–water partition coefficient (Wildman–Crippen LogP) is 3.76. The van der Waals surface area contributed by atoms with Crippen LogP contribution < -0.4 is 9.64 Å². The van der Waals surface area contributed by atoms with Crippen LogP contribution in [-0.2, 0) is 6.61 Å². The van der Waals surface area contributed by atoms with E-state index >= 15 is 0 Å². The molecule has 0 saturated carbocycles. The quantitative estimate of drug-likeness (QED) is 0.715. The van der Waals surface area contributed by atoms with Crippen molar-refractivity contribution in [2.75, 3.05) is 31.1 Å². The molecule has 1 aliphatic rings. The number of benzene rings is 1. The van der Waals surface area contributed by atoms with E-state index in [1.165, 1.54) is 11.6 Å². The molecule has 5 nitrogen and oxygen atoms in total. The third-order valence-corrected chi connectivity index (χ3v) is 4.83. The number of ether oxygens (including phenoxy) is 1. The zero-order valence-corrected chi connectivity index (χ0v) is 16.4. The summed E-state index contributed by atoms with van der Waals surface area (Å²) >= 11 is 0. The van der Waals surface area contributed by atoms with Crippen LogP contribution in [0.15, 0.2) is 48.6 Å². The van der Waals surface area contributed by atoms with Crippen molar-refractivity contribution in [1.29, 1.82) is 5.26 Å². The number of aromatic nitrogens is 1. The Bertz CT molecular complexity index is 892. The molecule has 0 spiro atoms. The molecule has 1 fully saturated rings. The van der Waals surface area contributed by atoms with Gasteiger partial charge in [0.1, 0.15) is 18.2 Å². The van der Waals surface area contributed by atoms with Crippen LogP contribution in [0, 0.1) is 17.1 Å². The molecule has 1 atom stereocenters. The van der Waals surface area contributed by atoms with Gasteiger partial charge in [0.05, 0.1) is 11.6 Å². The molecule has 0 aliphatic carbocycles. The van der Waals surface area contributed by atoms with Gasteiger partial charge in [0.25, 0.3) is 0 Å². The second-order valence-electron chi connectivity index (χ2n) is 7.26. The van der Waals surface area contributed by atoms with Gasteiger partial charge in [0, 0.05) is 43.9 Å². The van der Waals surface area contributed by atoms with Gasteiger partial charge < -0.3 is 9.64 Å². The van der Waals surface area contributed by atoms with E-state index in [9.17, 15) is 4.39 Å². The van der Waals surface area contributed by atoms with Crippen molar-refractivity contribution in [3.63, 3.8) is 0 Å². The van der Waals surface area contributed by atoms with Crippen molar-refractivity contribution >= 4 is 5.82 Å². The summed E-state index contributed by atoms with van der Waals surface area (Å²) in [7, 11) is 0. The first-order chi connectivity index (χ1) is 13.5. The first-order valence-corrected chi connectivity index (χ1v) is 9.38. The topological polar surface area (TPSA) is 52.4 Å². The van der Waals surface area contributed by atoms with Gasteiger partial charge >= 0.3 is 0 Å².